The van der Waals surface area contributed by atoms with Gasteiger partial charge in [-0.2, -0.15) is 0 Å². The van der Waals surface area contributed by atoms with E-state index in [2.05, 4.69) is 5.32 Å². The Morgan fingerprint density at radius 2 is 2.12 bits per heavy atom. The summed E-state index contributed by atoms with van der Waals surface area (Å²) in [5, 5.41) is 12.4. The molecule has 1 aliphatic heterocycles. The molecule has 1 amide bonds. The second kappa shape index (κ2) is 6.33. The van der Waals surface area contributed by atoms with Gasteiger partial charge in [-0.25, -0.2) is 0 Å². The molecule has 100 valence electrons. The molecule has 0 radical (unpaired) electrons. The van der Waals surface area contributed by atoms with Gasteiger partial charge >= 0.3 is 0 Å². The molecule has 5 nitrogen and oxygen atoms in total. The van der Waals surface area contributed by atoms with Crippen molar-refractivity contribution in [2.75, 3.05) is 19.8 Å². The van der Waals surface area contributed by atoms with Crippen molar-refractivity contribution >= 4 is 5.91 Å². The number of ether oxygens (including phenoxy) is 1. The number of rotatable bonds is 5. The fourth-order valence-corrected chi connectivity index (χ4v) is 1.94. The lowest BCUT2D eigenvalue weighted by Gasteiger charge is -2.37. The Labute approximate surface area is 103 Å². The lowest BCUT2D eigenvalue weighted by Crippen LogP contribution is -2.59. The quantitative estimate of drug-likeness (QED) is 0.636. The predicted octanol–water partition coefficient (Wildman–Crippen LogP) is 0.0175. The molecule has 4 N–H and O–H groups in total. The van der Waals surface area contributed by atoms with Gasteiger partial charge in [-0.1, -0.05) is 20.3 Å². The highest BCUT2D eigenvalue weighted by Gasteiger charge is 2.35. The van der Waals surface area contributed by atoms with Crippen LogP contribution in [0.15, 0.2) is 0 Å². The van der Waals surface area contributed by atoms with Crippen molar-refractivity contribution < 1.29 is 14.6 Å². The van der Waals surface area contributed by atoms with Crippen LogP contribution in [0.5, 0.6) is 0 Å². The Balaban J connectivity index is 2.58. The highest BCUT2D eigenvalue weighted by Crippen LogP contribution is 2.20. The Bertz CT molecular complexity index is 252. The van der Waals surface area contributed by atoms with Gasteiger partial charge in [0, 0.05) is 13.2 Å². The zero-order chi connectivity index (χ0) is 12.9. The molecule has 0 bridgehead atoms. The Hall–Kier alpha value is -0.650. The maximum atomic E-state index is 12.0. The third-order valence-corrected chi connectivity index (χ3v) is 3.70. The van der Waals surface area contributed by atoms with Gasteiger partial charge in [0.2, 0.25) is 5.91 Å². The summed E-state index contributed by atoms with van der Waals surface area (Å²) in [6.07, 6.45) is 2.15. The van der Waals surface area contributed by atoms with Crippen LogP contribution in [0.1, 0.15) is 33.1 Å². The van der Waals surface area contributed by atoms with E-state index in [1.54, 1.807) is 0 Å². The van der Waals surface area contributed by atoms with E-state index in [0.717, 1.165) is 6.42 Å². The standard InChI is InChI=1S/C12H24N2O3/c1-3-9(2)10(13)11(16)14-12(8-15)4-6-17-7-5-12/h9-10,15H,3-8,13H2,1-2H3,(H,14,16)/t9?,10-/m0/s1. The van der Waals surface area contributed by atoms with E-state index in [-0.39, 0.29) is 18.4 Å². The van der Waals surface area contributed by atoms with E-state index in [4.69, 9.17) is 10.5 Å². The van der Waals surface area contributed by atoms with Crippen LogP contribution < -0.4 is 11.1 Å². The summed E-state index contributed by atoms with van der Waals surface area (Å²) in [5.74, 6) is -0.0270. The molecule has 0 saturated carbocycles. The maximum Gasteiger partial charge on any atom is 0.237 e. The molecule has 1 unspecified atom stereocenters. The lowest BCUT2D eigenvalue weighted by atomic mass is 9.89. The maximum absolute atomic E-state index is 12.0. The summed E-state index contributed by atoms with van der Waals surface area (Å²) in [5.41, 5.74) is 5.34. The predicted molar refractivity (Wildman–Crippen MR) is 65.4 cm³/mol. The molecule has 1 aliphatic rings. The van der Waals surface area contributed by atoms with E-state index < -0.39 is 11.6 Å². The van der Waals surface area contributed by atoms with Crippen LogP contribution >= 0.6 is 0 Å². The lowest BCUT2D eigenvalue weighted by molar-refractivity contribution is -0.127. The van der Waals surface area contributed by atoms with E-state index in [9.17, 15) is 9.90 Å². The second-order valence-electron chi connectivity index (χ2n) is 4.95. The number of amides is 1. The van der Waals surface area contributed by atoms with Crippen molar-refractivity contribution in [3.63, 3.8) is 0 Å². The first kappa shape index (κ1) is 14.4. The van der Waals surface area contributed by atoms with Crippen LogP contribution in [0.3, 0.4) is 0 Å². The number of hydrogen-bond acceptors (Lipinski definition) is 4. The topological polar surface area (TPSA) is 84.6 Å². The van der Waals surface area contributed by atoms with Crippen molar-refractivity contribution in [2.24, 2.45) is 11.7 Å². The largest absolute Gasteiger partial charge is 0.394 e. The summed E-state index contributed by atoms with van der Waals surface area (Å²) in [6, 6.07) is -0.508. The third-order valence-electron chi connectivity index (χ3n) is 3.70. The molecule has 2 atom stereocenters. The first-order valence-corrected chi connectivity index (χ1v) is 6.31. The normalized spacial score (nSPS) is 22.8. The average Bonchev–Trinajstić information content (AvgIpc) is 2.37. The van der Waals surface area contributed by atoms with Crippen molar-refractivity contribution in [3.05, 3.63) is 0 Å². The van der Waals surface area contributed by atoms with Crippen LogP contribution in [0, 0.1) is 5.92 Å². The molecule has 0 aliphatic carbocycles. The summed E-state index contributed by atoms with van der Waals surface area (Å²) in [7, 11) is 0. The zero-order valence-corrected chi connectivity index (χ0v) is 10.7. The SMILES string of the molecule is CCC(C)[C@H](N)C(=O)NC1(CO)CCOCC1. The first-order valence-electron chi connectivity index (χ1n) is 6.31. The number of aliphatic hydroxyl groups excluding tert-OH is 1. The molecule has 0 aromatic heterocycles. The summed E-state index contributed by atoms with van der Waals surface area (Å²) in [4.78, 5) is 12.0. The molecular weight excluding hydrogens is 220 g/mol. The van der Waals surface area contributed by atoms with Gasteiger partial charge in [-0.05, 0) is 18.8 Å². The van der Waals surface area contributed by atoms with E-state index >= 15 is 0 Å². The molecule has 5 heteroatoms. The van der Waals surface area contributed by atoms with Gasteiger partial charge in [0.05, 0.1) is 18.2 Å². The van der Waals surface area contributed by atoms with Crippen LogP contribution in [-0.2, 0) is 9.53 Å². The fraction of sp³-hybridized carbons (Fsp3) is 0.917. The number of hydrogen-bond donors (Lipinski definition) is 3. The number of nitrogens with one attached hydrogen (secondary N) is 1. The molecule has 1 saturated heterocycles. The van der Waals surface area contributed by atoms with Crippen LogP contribution in [0.2, 0.25) is 0 Å². The Morgan fingerprint density at radius 3 is 2.59 bits per heavy atom. The third kappa shape index (κ3) is 3.66. The molecule has 1 fully saturated rings. The second-order valence-corrected chi connectivity index (χ2v) is 4.95. The van der Waals surface area contributed by atoms with Crippen LogP contribution in [0.25, 0.3) is 0 Å². The van der Waals surface area contributed by atoms with E-state index in [1.165, 1.54) is 0 Å². The highest BCUT2D eigenvalue weighted by atomic mass is 16.5. The van der Waals surface area contributed by atoms with E-state index in [1.807, 2.05) is 13.8 Å². The molecule has 0 aromatic carbocycles. The smallest absolute Gasteiger partial charge is 0.237 e. The number of nitrogens with two attached hydrogens (primary N) is 1. The molecule has 0 spiro atoms. The molecule has 1 heterocycles. The fourth-order valence-electron chi connectivity index (χ4n) is 1.94. The van der Waals surface area contributed by atoms with Gasteiger partial charge in [-0.3, -0.25) is 4.79 Å². The summed E-state index contributed by atoms with van der Waals surface area (Å²) < 4.78 is 5.24. The number of carbonyl (C=O) groups excluding carboxylic acids is 1. The van der Waals surface area contributed by atoms with Crippen molar-refractivity contribution in [1.29, 1.82) is 0 Å². The Morgan fingerprint density at radius 1 is 1.53 bits per heavy atom. The molecular formula is C12H24N2O3. The highest BCUT2D eigenvalue weighted by molar-refractivity contribution is 5.82. The molecule has 0 aromatic rings. The summed E-state index contributed by atoms with van der Waals surface area (Å²) >= 11 is 0. The minimum absolute atomic E-state index is 0.0602. The average molecular weight is 244 g/mol. The van der Waals surface area contributed by atoms with Gasteiger partial charge in [0.1, 0.15) is 0 Å². The Kier molecular flexibility index (Phi) is 5.36. The van der Waals surface area contributed by atoms with Crippen LogP contribution in [-0.4, -0.2) is 42.4 Å². The number of aliphatic hydroxyl groups is 1. The summed E-state index contributed by atoms with van der Waals surface area (Å²) in [6.45, 7) is 5.04. The monoisotopic (exact) mass is 244 g/mol. The van der Waals surface area contributed by atoms with E-state index in [0.29, 0.717) is 26.1 Å². The molecule has 17 heavy (non-hydrogen) atoms. The van der Waals surface area contributed by atoms with Crippen molar-refractivity contribution in [1.82, 2.24) is 5.32 Å². The van der Waals surface area contributed by atoms with Gasteiger partial charge in [0.25, 0.3) is 0 Å². The first-order chi connectivity index (χ1) is 8.04. The van der Waals surface area contributed by atoms with Gasteiger partial charge in [0.15, 0.2) is 0 Å². The van der Waals surface area contributed by atoms with Gasteiger partial charge in [-0.15, -0.1) is 0 Å². The zero-order valence-electron chi connectivity index (χ0n) is 10.7. The van der Waals surface area contributed by atoms with Crippen molar-refractivity contribution in [2.45, 2.75) is 44.7 Å². The van der Waals surface area contributed by atoms with Crippen molar-refractivity contribution in [3.8, 4) is 0 Å². The van der Waals surface area contributed by atoms with Crippen LogP contribution in [0.4, 0.5) is 0 Å². The molecule has 1 rings (SSSR count). The number of carbonyl (C=O) groups is 1. The minimum atomic E-state index is -0.541. The minimum Gasteiger partial charge on any atom is -0.394 e. The van der Waals surface area contributed by atoms with Gasteiger partial charge < -0.3 is 20.9 Å².